The average Bonchev–Trinajstić information content (AvgIpc) is 3.32. The number of carbonyl (C=O) groups is 2. The first-order valence-corrected chi connectivity index (χ1v) is 10.2. The maximum absolute atomic E-state index is 12.3. The molecule has 7 heteroatoms. The van der Waals surface area contributed by atoms with E-state index >= 15 is 0 Å². The SMILES string of the molecule is O=C(COC(=O)CCc1nc(-c2ccccc2)no1)Nc1ccccc1-c1ccccc1. The zero-order chi connectivity index (χ0) is 22.2. The Balaban J connectivity index is 1.26. The number of nitrogens with zero attached hydrogens (tertiary/aromatic N) is 2. The molecule has 7 nitrogen and oxygen atoms in total. The van der Waals surface area contributed by atoms with E-state index in [0.717, 1.165) is 16.7 Å². The fraction of sp³-hybridized carbons (Fsp3) is 0.120. The lowest BCUT2D eigenvalue weighted by Crippen LogP contribution is -2.21. The molecule has 1 N–H and O–H groups in total. The van der Waals surface area contributed by atoms with E-state index in [-0.39, 0.29) is 19.4 Å². The molecule has 0 radical (unpaired) electrons. The lowest BCUT2D eigenvalue weighted by atomic mass is 10.0. The molecule has 0 spiro atoms. The van der Waals surface area contributed by atoms with Crippen molar-refractivity contribution < 1.29 is 18.8 Å². The van der Waals surface area contributed by atoms with Crippen molar-refractivity contribution in [1.29, 1.82) is 0 Å². The number of ether oxygens (including phenoxy) is 1. The number of hydrogen-bond acceptors (Lipinski definition) is 6. The first-order valence-electron chi connectivity index (χ1n) is 10.2. The fourth-order valence-corrected chi connectivity index (χ4v) is 3.14. The van der Waals surface area contributed by atoms with Gasteiger partial charge in [-0.25, -0.2) is 0 Å². The highest BCUT2D eigenvalue weighted by molar-refractivity contribution is 5.96. The molecule has 0 atom stereocenters. The van der Waals surface area contributed by atoms with Crippen LogP contribution in [0, 0.1) is 0 Å². The van der Waals surface area contributed by atoms with Crippen molar-refractivity contribution >= 4 is 17.6 Å². The Labute approximate surface area is 185 Å². The van der Waals surface area contributed by atoms with Gasteiger partial charge in [-0.1, -0.05) is 84.0 Å². The maximum atomic E-state index is 12.3. The van der Waals surface area contributed by atoms with Crippen LogP contribution < -0.4 is 5.32 Å². The van der Waals surface area contributed by atoms with E-state index in [0.29, 0.717) is 17.4 Å². The van der Waals surface area contributed by atoms with Crippen molar-refractivity contribution in [2.45, 2.75) is 12.8 Å². The molecule has 0 saturated heterocycles. The number of esters is 1. The molecule has 32 heavy (non-hydrogen) atoms. The summed E-state index contributed by atoms with van der Waals surface area (Å²) < 4.78 is 10.3. The van der Waals surface area contributed by atoms with Crippen molar-refractivity contribution in [3.05, 3.63) is 90.8 Å². The summed E-state index contributed by atoms with van der Waals surface area (Å²) in [6, 6.07) is 26.6. The monoisotopic (exact) mass is 427 g/mol. The topological polar surface area (TPSA) is 94.3 Å². The molecule has 4 aromatic rings. The first-order chi connectivity index (χ1) is 15.7. The Hall–Kier alpha value is -4.26. The van der Waals surface area contributed by atoms with Gasteiger partial charge in [0.1, 0.15) is 0 Å². The van der Waals surface area contributed by atoms with Crippen molar-refractivity contribution in [1.82, 2.24) is 10.1 Å². The summed E-state index contributed by atoms with van der Waals surface area (Å²) in [4.78, 5) is 28.6. The highest BCUT2D eigenvalue weighted by Gasteiger charge is 2.13. The van der Waals surface area contributed by atoms with Crippen LogP contribution in [0.25, 0.3) is 22.5 Å². The van der Waals surface area contributed by atoms with Crippen LogP contribution in [0.1, 0.15) is 12.3 Å². The average molecular weight is 427 g/mol. The summed E-state index contributed by atoms with van der Waals surface area (Å²) in [5.41, 5.74) is 3.35. The molecule has 0 aliphatic rings. The summed E-state index contributed by atoms with van der Waals surface area (Å²) in [5.74, 6) is -0.130. The van der Waals surface area contributed by atoms with E-state index < -0.39 is 11.9 Å². The van der Waals surface area contributed by atoms with Gasteiger partial charge in [-0.05, 0) is 11.6 Å². The highest BCUT2D eigenvalue weighted by atomic mass is 16.5. The molecule has 1 amide bonds. The minimum atomic E-state index is -0.518. The van der Waals surface area contributed by atoms with Crippen LogP contribution in [-0.4, -0.2) is 28.6 Å². The molecular formula is C25H21N3O4. The molecular weight excluding hydrogens is 406 g/mol. The van der Waals surface area contributed by atoms with Gasteiger partial charge in [0.25, 0.3) is 5.91 Å². The normalized spacial score (nSPS) is 10.5. The standard InChI is InChI=1S/C25H21N3O4/c29-22(26-21-14-8-7-13-20(21)18-9-3-1-4-10-18)17-31-24(30)16-15-23-27-25(28-32-23)19-11-5-2-6-12-19/h1-14H,15-17H2,(H,26,29). The van der Waals surface area contributed by atoms with Gasteiger partial charge >= 0.3 is 5.97 Å². The minimum absolute atomic E-state index is 0.0320. The molecule has 0 bridgehead atoms. The van der Waals surface area contributed by atoms with Gasteiger partial charge < -0.3 is 14.6 Å². The Morgan fingerprint density at radius 1 is 0.844 bits per heavy atom. The quantitative estimate of drug-likeness (QED) is 0.416. The molecule has 4 rings (SSSR count). The molecule has 3 aromatic carbocycles. The van der Waals surface area contributed by atoms with Crippen LogP contribution >= 0.6 is 0 Å². The van der Waals surface area contributed by atoms with Crippen molar-refractivity contribution in [2.24, 2.45) is 0 Å². The predicted octanol–water partition coefficient (Wildman–Crippen LogP) is 4.52. The van der Waals surface area contributed by atoms with Crippen LogP contribution in [-0.2, 0) is 20.7 Å². The lowest BCUT2D eigenvalue weighted by molar-refractivity contribution is -0.147. The third-order valence-corrected chi connectivity index (χ3v) is 4.69. The van der Waals surface area contributed by atoms with Crippen LogP contribution in [0.4, 0.5) is 5.69 Å². The third-order valence-electron chi connectivity index (χ3n) is 4.69. The van der Waals surface area contributed by atoms with Gasteiger partial charge in [-0.2, -0.15) is 4.98 Å². The number of para-hydroxylation sites is 1. The predicted molar refractivity (Wildman–Crippen MR) is 120 cm³/mol. The first kappa shape index (κ1) is 21.0. The van der Waals surface area contributed by atoms with Gasteiger partial charge in [-0.3, -0.25) is 9.59 Å². The minimum Gasteiger partial charge on any atom is -0.456 e. The molecule has 160 valence electrons. The molecule has 0 saturated carbocycles. The Morgan fingerprint density at radius 3 is 2.25 bits per heavy atom. The molecule has 1 aromatic heterocycles. The van der Waals surface area contributed by atoms with Crippen LogP contribution in [0.2, 0.25) is 0 Å². The number of benzene rings is 3. The van der Waals surface area contributed by atoms with E-state index in [1.165, 1.54) is 0 Å². The summed E-state index contributed by atoms with van der Waals surface area (Å²) in [7, 11) is 0. The zero-order valence-electron chi connectivity index (χ0n) is 17.2. The molecule has 0 fully saturated rings. The summed E-state index contributed by atoms with van der Waals surface area (Å²) in [6.07, 6.45) is 0.265. The highest BCUT2D eigenvalue weighted by Crippen LogP contribution is 2.27. The Bertz CT molecular complexity index is 1190. The maximum Gasteiger partial charge on any atom is 0.306 e. The lowest BCUT2D eigenvalue weighted by Gasteiger charge is -2.11. The van der Waals surface area contributed by atoms with Crippen molar-refractivity contribution in [3.63, 3.8) is 0 Å². The van der Waals surface area contributed by atoms with Gasteiger partial charge in [-0.15, -0.1) is 0 Å². The number of hydrogen-bond donors (Lipinski definition) is 1. The van der Waals surface area contributed by atoms with Gasteiger partial charge in [0.2, 0.25) is 11.7 Å². The second-order valence-electron chi connectivity index (χ2n) is 7.00. The van der Waals surface area contributed by atoms with E-state index in [1.807, 2.05) is 84.9 Å². The third kappa shape index (κ3) is 5.46. The zero-order valence-corrected chi connectivity index (χ0v) is 17.2. The molecule has 1 heterocycles. The number of anilines is 1. The number of amides is 1. The van der Waals surface area contributed by atoms with E-state index in [4.69, 9.17) is 9.26 Å². The summed E-state index contributed by atoms with van der Waals surface area (Å²) in [5, 5.41) is 6.72. The Morgan fingerprint density at radius 2 is 1.50 bits per heavy atom. The number of aryl methyl sites for hydroxylation is 1. The van der Waals surface area contributed by atoms with Gasteiger partial charge in [0.05, 0.1) is 6.42 Å². The second kappa shape index (κ2) is 10.2. The van der Waals surface area contributed by atoms with Crippen molar-refractivity contribution in [3.8, 4) is 22.5 Å². The summed E-state index contributed by atoms with van der Waals surface area (Å²) in [6.45, 7) is -0.374. The van der Waals surface area contributed by atoms with Crippen LogP contribution in [0.5, 0.6) is 0 Å². The van der Waals surface area contributed by atoms with Crippen LogP contribution in [0.3, 0.4) is 0 Å². The van der Waals surface area contributed by atoms with Crippen molar-refractivity contribution in [2.75, 3.05) is 11.9 Å². The molecule has 0 aliphatic heterocycles. The second-order valence-corrected chi connectivity index (χ2v) is 7.00. The van der Waals surface area contributed by atoms with Gasteiger partial charge in [0, 0.05) is 23.2 Å². The van der Waals surface area contributed by atoms with Gasteiger partial charge in [0.15, 0.2) is 6.61 Å². The van der Waals surface area contributed by atoms with E-state index in [2.05, 4.69) is 15.5 Å². The van der Waals surface area contributed by atoms with E-state index in [9.17, 15) is 9.59 Å². The number of aromatic nitrogens is 2. The molecule has 0 aliphatic carbocycles. The van der Waals surface area contributed by atoms with E-state index in [1.54, 1.807) is 0 Å². The number of nitrogens with one attached hydrogen (secondary N) is 1. The largest absolute Gasteiger partial charge is 0.456 e. The number of carbonyl (C=O) groups excluding carboxylic acids is 2. The smallest absolute Gasteiger partial charge is 0.306 e. The fourth-order valence-electron chi connectivity index (χ4n) is 3.14. The summed E-state index contributed by atoms with van der Waals surface area (Å²) >= 11 is 0. The van der Waals surface area contributed by atoms with Crippen LogP contribution in [0.15, 0.2) is 89.5 Å². The number of rotatable bonds is 8. The molecule has 0 unspecified atom stereocenters. The Kier molecular flexibility index (Phi) is 6.67.